The highest BCUT2D eigenvalue weighted by Gasteiger charge is 1.94. The summed E-state index contributed by atoms with van der Waals surface area (Å²) >= 11 is 0. The van der Waals surface area contributed by atoms with Gasteiger partial charge in [0.25, 0.3) is 0 Å². The third-order valence-corrected chi connectivity index (χ3v) is 1.19. The fraction of sp³-hybridized carbons (Fsp3) is 0.286. The number of aryl methyl sites for hydroxylation is 1. The van der Waals surface area contributed by atoms with Crippen LogP contribution >= 0.6 is 0 Å². The Morgan fingerprint density at radius 2 is 2.69 bits per heavy atom. The van der Waals surface area contributed by atoms with E-state index in [1.54, 1.807) is 24.1 Å². The Labute approximate surface area is 74.4 Å². The molecule has 0 bridgehead atoms. The summed E-state index contributed by atoms with van der Waals surface area (Å²) < 4.78 is 1.61. The van der Waals surface area contributed by atoms with E-state index in [2.05, 4.69) is 15.1 Å². The maximum absolute atomic E-state index is 10.00. The lowest BCUT2D eigenvalue weighted by atomic mass is 10.4. The van der Waals surface area contributed by atoms with Crippen LogP contribution in [0, 0.1) is 0 Å². The first-order valence-electron chi connectivity index (χ1n) is 3.54. The maximum Gasteiger partial charge on any atom is 0.344 e. The van der Waals surface area contributed by atoms with Crippen LogP contribution < -0.4 is 0 Å². The second-order valence-electron chi connectivity index (χ2n) is 2.35. The van der Waals surface area contributed by atoms with Crippen LogP contribution in [0.1, 0.15) is 5.56 Å². The van der Waals surface area contributed by atoms with Crippen molar-refractivity contribution in [2.45, 2.75) is 0 Å². The van der Waals surface area contributed by atoms with Crippen LogP contribution in [0.15, 0.2) is 17.5 Å². The molecule has 0 spiro atoms. The molecule has 0 aliphatic carbocycles. The molecule has 1 rings (SSSR count). The number of hydrogen-bond acceptors (Lipinski definition) is 4. The Morgan fingerprint density at radius 3 is 3.23 bits per heavy atom. The van der Waals surface area contributed by atoms with Gasteiger partial charge in [0, 0.05) is 18.8 Å². The minimum Gasteiger partial charge on any atom is -0.479 e. The fourth-order valence-electron chi connectivity index (χ4n) is 0.697. The van der Waals surface area contributed by atoms with Crippen LogP contribution in [-0.4, -0.2) is 33.7 Å². The van der Waals surface area contributed by atoms with Crippen molar-refractivity contribution in [2.75, 3.05) is 6.61 Å². The number of rotatable bonds is 4. The standard InChI is InChI=1S/C7H9N3O3/c1-10-4-6(2-8-10)3-9-13-5-7(11)12/h2-4H,5H2,1H3,(H,11,12). The van der Waals surface area contributed by atoms with Crippen LogP contribution in [0.3, 0.4) is 0 Å². The lowest BCUT2D eigenvalue weighted by molar-refractivity contribution is -0.142. The van der Waals surface area contributed by atoms with Crippen molar-refractivity contribution in [3.8, 4) is 0 Å². The summed E-state index contributed by atoms with van der Waals surface area (Å²) in [7, 11) is 1.77. The molecule has 1 N–H and O–H groups in total. The predicted octanol–water partition coefficient (Wildman–Crippen LogP) is -0.145. The first-order valence-corrected chi connectivity index (χ1v) is 3.54. The lowest BCUT2D eigenvalue weighted by Gasteiger charge is -1.90. The molecule has 70 valence electrons. The molecule has 6 nitrogen and oxygen atoms in total. The molecule has 0 aliphatic heterocycles. The molecule has 1 aromatic rings. The third-order valence-electron chi connectivity index (χ3n) is 1.19. The summed E-state index contributed by atoms with van der Waals surface area (Å²) in [6.45, 7) is -0.434. The van der Waals surface area contributed by atoms with Gasteiger partial charge in [-0.1, -0.05) is 5.16 Å². The average Bonchev–Trinajstić information content (AvgIpc) is 2.45. The van der Waals surface area contributed by atoms with Gasteiger partial charge in [-0.3, -0.25) is 4.68 Å². The molecule has 0 radical (unpaired) electrons. The minimum absolute atomic E-state index is 0.434. The molecule has 0 amide bonds. The number of carboxylic acids is 1. The molecule has 0 saturated heterocycles. The molecule has 0 fully saturated rings. The van der Waals surface area contributed by atoms with Crippen LogP contribution in [0.25, 0.3) is 0 Å². The van der Waals surface area contributed by atoms with E-state index < -0.39 is 12.6 Å². The zero-order valence-electron chi connectivity index (χ0n) is 7.04. The van der Waals surface area contributed by atoms with Gasteiger partial charge in [-0.15, -0.1) is 0 Å². The van der Waals surface area contributed by atoms with Crippen molar-refractivity contribution in [3.63, 3.8) is 0 Å². The number of aliphatic carboxylic acids is 1. The predicted molar refractivity (Wildman–Crippen MR) is 44.4 cm³/mol. The van der Waals surface area contributed by atoms with Crippen molar-refractivity contribution in [3.05, 3.63) is 18.0 Å². The zero-order valence-corrected chi connectivity index (χ0v) is 7.04. The van der Waals surface area contributed by atoms with Crippen molar-refractivity contribution in [1.29, 1.82) is 0 Å². The number of nitrogens with zero attached hydrogens (tertiary/aromatic N) is 3. The first kappa shape index (κ1) is 9.24. The van der Waals surface area contributed by atoms with Gasteiger partial charge in [0.1, 0.15) is 0 Å². The molecule has 1 heterocycles. The van der Waals surface area contributed by atoms with Gasteiger partial charge in [-0.2, -0.15) is 5.10 Å². The summed E-state index contributed by atoms with van der Waals surface area (Å²) in [4.78, 5) is 14.4. The normalized spacial score (nSPS) is 10.5. The number of carboxylic acid groups (broad SMARTS) is 1. The van der Waals surface area contributed by atoms with Crippen LogP contribution in [0.2, 0.25) is 0 Å². The summed E-state index contributed by atoms with van der Waals surface area (Å²) in [5.74, 6) is -1.05. The molecular weight excluding hydrogens is 174 g/mol. The van der Waals surface area contributed by atoms with Crippen molar-refractivity contribution >= 4 is 12.2 Å². The lowest BCUT2D eigenvalue weighted by Crippen LogP contribution is -2.03. The number of oxime groups is 1. The molecule has 13 heavy (non-hydrogen) atoms. The van der Waals surface area contributed by atoms with Crippen molar-refractivity contribution < 1.29 is 14.7 Å². The topological polar surface area (TPSA) is 76.7 Å². The van der Waals surface area contributed by atoms with E-state index in [1.807, 2.05) is 0 Å². The molecule has 0 saturated carbocycles. The summed E-state index contributed by atoms with van der Waals surface area (Å²) in [6.07, 6.45) is 4.72. The van der Waals surface area contributed by atoms with E-state index in [4.69, 9.17) is 5.11 Å². The van der Waals surface area contributed by atoms with Gasteiger partial charge >= 0.3 is 5.97 Å². The van der Waals surface area contributed by atoms with Crippen molar-refractivity contribution in [2.24, 2.45) is 12.2 Å². The summed E-state index contributed by atoms with van der Waals surface area (Å²) in [5, 5.41) is 15.5. The smallest absolute Gasteiger partial charge is 0.344 e. The quantitative estimate of drug-likeness (QED) is 0.520. The molecular formula is C7H9N3O3. The average molecular weight is 183 g/mol. The Balaban J connectivity index is 2.36. The number of carbonyl (C=O) groups is 1. The fourth-order valence-corrected chi connectivity index (χ4v) is 0.697. The first-order chi connectivity index (χ1) is 6.18. The van der Waals surface area contributed by atoms with E-state index in [9.17, 15) is 4.79 Å². The molecule has 6 heteroatoms. The molecule has 0 aromatic carbocycles. The van der Waals surface area contributed by atoms with Gasteiger partial charge < -0.3 is 9.94 Å². The van der Waals surface area contributed by atoms with Crippen LogP contribution in [0.4, 0.5) is 0 Å². The molecule has 0 aliphatic rings. The minimum atomic E-state index is -1.05. The van der Waals surface area contributed by atoms with E-state index in [-0.39, 0.29) is 0 Å². The monoisotopic (exact) mass is 183 g/mol. The zero-order chi connectivity index (χ0) is 9.68. The van der Waals surface area contributed by atoms with Gasteiger partial charge in [0.2, 0.25) is 6.61 Å². The number of aromatic nitrogens is 2. The highest BCUT2D eigenvalue weighted by Crippen LogP contribution is 1.91. The van der Waals surface area contributed by atoms with E-state index in [1.165, 1.54) is 6.21 Å². The third kappa shape index (κ3) is 3.37. The summed E-state index contributed by atoms with van der Waals surface area (Å²) in [5.41, 5.74) is 0.757. The maximum atomic E-state index is 10.00. The van der Waals surface area contributed by atoms with E-state index in [0.717, 1.165) is 5.56 Å². The Bertz CT molecular complexity index is 319. The van der Waals surface area contributed by atoms with Gasteiger partial charge in [0.15, 0.2) is 0 Å². The molecule has 1 aromatic heterocycles. The Morgan fingerprint density at radius 1 is 1.92 bits per heavy atom. The van der Waals surface area contributed by atoms with Gasteiger partial charge in [-0.05, 0) is 0 Å². The Hall–Kier alpha value is -1.85. The van der Waals surface area contributed by atoms with E-state index in [0.29, 0.717) is 0 Å². The molecule has 0 unspecified atom stereocenters. The van der Waals surface area contributed by atoms with Gasteiger partial charge in [-0.25, -0.2) is 4.79 Å². The number of hydrogen-bond donors (Lipinski definition) is 1. The second kappa shape index (κ2) is 4.24. The van der Waals surface area contributed by atoms with Gasteiger partial charge in [0.05, 0.1) is 12.4 Å². The Kier molecular flexibility index (Phi) is 3.02. The SMILES string of the molecule is Cn1cc(C=NOCC(=O)O)cn1. The highest BCUT2D eigenvalue weighted by atomic mass is 16.6. The van der Waals surface area contributed by atoms with Crippen LogP contribution in [-0.2, 0) is 16.7 Å². The van der Waals surface area contributed by atoms with Crippen LogP contribution in [0.5, 0.6) is 0 Å². The second-order valence-corrected chi connectivity index (χ2v) is 2.35. The van der Waals surface area contributed by atoms with Crippen molar-refractivity contribution in [1.82, 2.24) is 9.78 Å². The molecule has 0 atom stereocenters. The largest absolute Gasteiger partial charge is 0.479 e. The summed E-state index contributed by atoms with van der Waals surface area (Å²) in [6, 6.07) is 0. The highest BCUT2D eigenvalue weighted by molar-refractivity contribution is 5.78. The van der Waals surface area contributed by atoms with E-state index >= 15 is 0 Å².